The van der Waals surface area contributed by atoms with Gasteiger partial charge in [0.25, 0.3) is 0 Å². The maximum atomic E-state index is 10.0. The van der Waals surface area contributed by atoms with Crippen molar-refractivity contribution in [3.63, 3.8) is 0 Å². The van der Waals surface area contributed by atoms with E-state index in [2.05, 4.69) is 19.2 Å². The maximum Gasteiger partial charge on any atom is 0.328 e. The Kier molecular flexibility index (Phi) is 12.3. The summed E-state index contributed by atoms with van der Waals surface area (Å²) in [6, 6.07) is 4.53. The summed E-state index contributed by atoms with van der Waals surface area (Å²) in [7, 11) is 0. The zero-order chi connectivity index (χ0) is 20.8. The lowest BCUT2D eigenvalue weighted by Crippen LogP contribution is -2.30. The first-order chi connectivity index (χ1) is 12.6. The molecule has 8 nitrogen and oxygen atoms in total. The number of carboxylic acid groups (broad SMARTS) is 2. The van der Waals surface area contributed by atoms with Gasteiger partial charge in [0.1, 0.15) is 11.5 Å². The molecule has 0 spiro atoms. The standard InChI is InChI=1S/C15H25NO3.C4H4O4/c1-3-4-5-6-11(2)16-10-15(19)12-7-13(17)9-14(18)8-12;5-3(6)1-2-4(7)8/h7-9,11,15-19H,3-6,10H2,1-2H3;1-2H,(H,5,6)(H,7,8)/b;2-1+/t11-,15-;/m1./s1. The predicted octanol–water partition coefficient (Wildman–Crippen LogP) is 2.40. The zero-order valence-corrected chi connectivity index (χ0v) is 15.6. The molecule has 0 amide bonds. The quantitative estimate of drug-likeness (QED) is 0.267. The van der Waals surface area contributed by atoms with E-state index in [1.54, 1.807) is 0 Å². The topological polar surface area (TPSA) is 147 Å². The molecule has 27 heavy (non-hydrogen) atoms. The van der Waals surface area contributed by atoms with Crippen LogP contribution in [0.2, 0.25) is 0 Å². The highest BCUT2D eigenvalue weighted by Gasteiger charge is 2.11. The van der Waals surface area contributed by atoms with Crippen molar-refractivity contribution in [2.45, 2.75) is 51.7 Å². The third kappa shape index (κ3) is 13.3. The number of nitrogens with one attached hydrogen (secondary N) is 1. The number of carboxylic acids is 2. The number of rotatable bonds is 10. The molecule has 152 valence electrons. The van der Waals surface area contributed by atoms with E-state index in [-0.39, 0.29) is 11.5 Å². The molecule has 0 aliphatic carbocycles. The monoisotopic (exact) mass is 383 g/mol. The van der Waals surface area contributed by atoms with Gasteiger partial charge in [0.05, 0.1) is 6.10 Å². The summed E-state index contributed by atoms with van der Waals surface area (Å²) in [5, 5.41) is 47.6. The molecule has 0 aliphatic rings. The highest BCUT2D eigenvalue weighted by atomic mass is 16.4. The van der Waals surface area contributed by atoms with Gasteiger partial charge < -0.3 is 30.8 Å². The van der Waals surface area contributed by atoms with E-state index in [0.717, 1.165) is 6.42 Å². The van der Waals surface area contributed by atoms with E-state index in [0.29, 0.717) is 30.3 Å². The molecule has 0 saturated heterocycles. The van der Waals surface area contributed by atoms with Gasteiger partial charge in [-0.2, -0.15) is 0 Å². The van der Waals surface area contributed by atoms with Crippen molar-refractivity contribution in [1.29, 1.82) is 0 Å². The van der Waals surface area contributed by atoms with Crippen LogP contribution in [0.4, 0.5) is 0 Å². The zero-order valence-electron chi connectivity index (χ0n) is 15.6. The number of hydrogen-bond acceptors (Lipinski definition) is 6. The van der Waals surface area contributed by atoms with Crippen LogP contribution in [0.3, 0.4) is 0 Å². The van der Waals surface area contributed by atoms with Crippen LogP contribution >= 0.6 is 0 Å². The van der Waals surface area contributed by atoms with E-state index >= 15 is 0 Å². The Morgan fingerprint density at radius 3 is 2.00 bits per heavy atom. The summed E-state index contributed by atoms with van der Waals surface area (Å²) < 4.78 is 0. The van der Waals surface area contributed by atoms with Crippen LogP contribution < -0.4 is 5.32 Å². The largest absolute Gasteiger partial charge is 0.508 e. The summed E-state index contributed by atoms with van der Waals surface area (Å²) in [6.45, 7) is 4.69. The van der Waals surface area contributed by atoms with Crippen molar-refractivity contribution < 1.29 is 35.1 Å². The summed E-state index contributed by atoms with van der Waals surface area (Å²) >= 11 is 0. The van der Waals surface area contributed by atoms with Crippen molar-refractivity contribution in [2.24, 2.45) is 0 Å². The first-order valence-electron chi connectivity index (χ1n) is 8.74. The normalized spacial score (nSPS) is 12.9. The number of phenols is 2. The Hall–Kier alpha value is -2.58. The van der Waals surface area contributed by atoms with Gasteiger partial charge in [-0.05, 0) is 31.0 Å². The molecule has 2 atom stereocenters. The van der Waals surface area contributed by atoms with Crippen LogP contribution in [0, 0.1) is 0 Å². The second-order valence-electron chi connectivity index (χ2n) is 6.11. The molecule has 1 rings (SSSR count). The predicted molar refractivity (Wildman–Crippen MR) is 101 cm³/mol. The number of phenolic OH excluding ortho intramolecular Hbond substituents is 2. The molecule has 0 saturated carbocycles. The fraction of sp³-hybridized carbons (Fsp3) is 0.474. The summed E-state index contributed by atoms with van der Waals surface area (Å²) in [5.74, 6) is -2.59. The number of aliphatic carboxylic acids is 2. The lowest BCUT2D eigenvalue weighted by Gasteiger charge is -2.17. The number of hydrogen-bond donors (Lipinski definition) is 6. The number of aliphatic hydroxyl groups excluding tert-OH is 1. The van der Waals surface area contributed by atoms with Crippen molar-refractivity contribution in [3.8, 4) is 11.5 Å². The van der Waals surface area contributed by atoms with Gasteiger partial charge in [-0.25, -0.2) is 9.59 Å². The molecule has 1 aromatic carbocycles. The van der Waals surface area contributed by atoms with Crippen molar-refractivity contribution in [1.82, 2.24) is 5.32 Å². The number of aromatic hydroxyl groups is 2. The SMILES string of the molecule is CCCCC[C@@H](C)NC[C@@H](O)c1cc(O)cc(O)c1.O=C(O)/C=C/C(=O)O. The van der Waals surface area contributed by atoms with Gasteiger partial charge in [0, 0.05) is 30.8 Å². The molecule has 0 radical (unpaired) electrons. The third-order valence-corrected chi connectivity index (χ3v) is 3.58. The lowest BCUT2D eigenvalue weighted by atomic mass is 10.1. The average Bonchev–Trinajstić information content (AvgIpc) is 2.58. The minimum absolute atomic E-state index is 0.0370. The number of carbonyl (C=O) groups is 2. The Labute approximate surface area is 158 Å². The molecule has 1 aromatic rings. The van der Waals surface area contributed by atoms with Gasteiger partial charge in [-0.1, -0.05) is 26.2 Å². The van der Waals surface area contributed by atoms with E-state index in [4.69, 9.17) is 10.2 Å². The number of aliphatic hydroxyl groups is 1. The minimum Gasteiger partial charge on any atom is -0.508 e. The first-order valence-corrected chi connectivity index (χ1v) is 8.74. The number of benzene rings is 1. The second-order valence-corrected chi connectivity index (χ2v) is 6.11. The molecule has 0 unspecified atom stereocenters. The molecule has 0 heterocycles. The third-order valence-electron chi connectivity index (χ3n) is 3.58. The van der Waals surface area contributed by atoms with Gasteiger partial charge in [0.2, 0.25) is 0 Å². The smallest absolute Gasteiger partial charge is 0.328 e. The van der Waals surface area contributed by atoms with Gasteiger partial charge in [-0.3, -0.25) is 0 Å². The molecule has 0 fully saturated rings. The molecular formula is C19H29NO7. The van der Waals surface area contributed by atoms with Crippen LogP contribution in [0.1, 0.15) is 51.2 Å². The number of unbranched alkanes of at least 4 members (excludes halogenated alkanes) is 2. The van der Waals surface area contributed by atoms with E-state index in [1.165, 1.54) is 37.5 Å². The minimum atomic E-state index is -1.26. The Balaban J connectivity index is 0.000000713. The van der Waals surface area contributed by atoms with Crippen molar-refractivity contribution in [2.75, 3.05) is 6.54 Å². The van der Waals surface area contributed by atoms with Crippen LogP contribution in [-0.2, 0) is 9.59 Å². The average molecular weight is 383 g/mol. The molecule has 6 N–H and O–H groups in total. The first kappa shape index (κ1) is 24.4. The maximum absolute atomic E-state index is 10.0. The van der Waals surface area contributed by atoms with Crippen LogP contribution in [-0.4, -0.2) is 50.1 Å². The van der Waals surface area contributed by atoms with Crippen molar-refractivity contribution in [3.05, 3.63) is 35.9 Å². The second kappa shape index (κ2) is 13.6. The lowest BCUT2D eigenvalue weighted by molar-refractivity contribution is -0.134. The molecule has 0 bridgehead atoms. The fourth-order valence-corrected chi connectivity index (χ4v) is 2.19. The Morgan fingerprint density at radius 1 is 1.04 bits per heavy atom. The molecule has 8 heteroatoms. The van der Waals surface area contributed by atoms with Gasteiger partial charge >= 0.3 is 11.9 Å². The highest BCUT2D eigenvalue weighted by Crippen LogP contribution is 2.24. The summed E-state index contributed by atoms with van der Waals surface area (Å²) in [5.41, 5.74) is 0.519. The van der Waals surface area contributed by atoms with Crippen LogP contribution in [0.15, 0.2) is 30.4 Å². The van der Waals surface area contributed by atoms with E-state index < -0.39 is 18.0 Å². The molecule has 0 aliphatic heterocycles. The molecule has 0 aromatic heterocycles. The highest BCUT2D eigenvalue weighted by molar-refractivity contribution is 5.89. The van der Waals surface area contributed by atoms with Gasteiger partial charge in [0.15, 0.2) is 0 Å². The summed E-state index contributed by atoms with van der Waals surface area (Å²) in [6.07, 6.45) is 5.10. The van der Waals surface area contributed by atoms with E-state index in [9.17, 15) is 24.9 Å². The Bertz CT molecular complexity index is 580. The van der Waals surface area contributed by atoms with Gasteiger partial charge in [-0.15, -0.1) is 0 Å². The Morgan fingerprint density at radius 2 is 1.56 bits per heavy atom. The van der Waals surface area contributed by atoms with E-state index in [1.807, 2.05) is 0 Å². The fourth-order valence-electron chi connectivity index (χ4n) is 2.19. The van der Waals surface area contributed by atoms with Crippen LogP contribution in [0.5, 0.6) is 11.5 Å². The summed E-state index contributed by atoms with van der Waals surface area (Å²) in [4.78, 5) is 19.1. The van der Waals surface area contributed by atoms with Crippen molar-refractivity contribution >= 4 is 11.9 Å². The van der Waals surface area contributed by atoms with Crippen LogP contribution in [0.25, 0.3) is 0 Å². The molecular weight excluding hydrogens is 354 g/mol.